The predicted molar refractivity (Wildman–Crippen MR) is 68.9 cm³/mol. The average Bonchev–Trinajstić information content (AvgIpc) is 2.74. The third-order valence-corrected chi connectivity index (χ3v) is 3.93. The molecule has 1 aromatic rings. The van der Waals surface area contributed by atoms with Crippen molar-refractivity contribution in [2.45, 2.75) is 26.7 Å². The van der Waals surface area contributed by atoms with Crippen LogP contribution in [0.25, 0.3) is 0 Å². The minimum Gasteiger partial charge on any atom is -0.347 e. The van der Waals surface area contributed by atoms with E-state index in [-0.39, 0.29) is 5.91 Å². The standard InChI is InChI=1S/C14H22N2O/c1-11(2)12-6-9-16(10-7-12)14(17)13-5-4-8-15(13)3/h4-5,8,11-12H,6-7,9-10H2,1-3H3. The quantitative estimate of drug-likeness (QED) is 0.772. The summed E-state index contributed by atoms with van der Waals surface area (Å²) in [6.07, 6.45) is 4.22. The molecule has 0 aliphatic carbocycles. The molecule has 0 spiro atoms. The Bertz CT molecular complexity index is 387. The molecule has 2 rings (SSSR count). The smallest absolute Gasteiger partial charge is 0.270 e. The second-order valence-electron chi connectivity index (χ2n) is 5.38. The highest BCUT2D eigenvalue weighted by molar-refractivity contribution is 5.92. The maximum absolute atomic E-state index is 12.3. The molecule has 94 valence electrons. The van der Waals surface area contributed by atoms with Gasteiger partial charge >= 0.3 is 0 Å². The van der Waals surface area contributed by atoms with Crippen molar-refractivity contribution in [1.29, 1.82) is 0 Å². The van der Waals surface area contributed by atoms with Crippen LogP contribution in [0.4, 0.5) is 0 Å². The van der Waals surface area contributed by atoms with Gasteiger partial charge in [0.1, 0.15) is 5.69 Å². The van der Waals surface area contributed by atoms with Gasteiger partial charge in [-0.25, -0.2) is 0 Å². The summed E-state index contributed by atoms with van der Waals surface area (Å²) in [7, 11) is 1.92. The molecule has 1 aromatic heterocycles. The summed E-state index contributed by atoms with van der Waals surface area (Å²) in [5.74, 6) is 1.70. The Balaban J connectivity index is 1.98. The van der Waals surface area contributed by atoms with Crippen molar-refractivity contribution < 1.29 is 4.79 Å². The zero-order valence-corrected chi connectivity index (χ0v) is 11.0. The van der Waals surface area contributed by atoms with Crippen LogP contribution in [0.15, 0.2) is 18.3 Å². The first-order chi connectivity index (χ1) is 8.09. The van der Waals surface area contributed by atoms with Gasteiger partial charge in [-0.2, -0.15) is 0 Å². The zero-order valence-electron chi connectivity index (χ0n) is 11.0. The summed E-state index contributed by atoms with van der Waals surface area (Å²) < 4.78 is 1.90. The SMILES string of the molecule is CC(C)C1CCN(C(=O)c2cccn2C)CC1. The Morgan fingerprint density at radius 2 is 2.00 bits per heavy atom. The second-order valence-corrected chi connectivity index (χ2v) is 5.38. The number of likely N-dealkylation sites (tertiary alicyclic amines) is 1. The van der Waals surface area contributed by atoms with Crippen LogP contribution < -0.4 is 0 Å². The van der Waals surface area contributed by atoms with Gasteiger partial charge in [0.15, 0.2) is 0 Å². The van der Waals surface area contributed by atoms with Crippen molar-refractivity contribution in [2.75, 3.05) is 13.1 Å². The molecule has 0 N–H and O–H groups in total. The van der Waals surface area contributed by atoms with Gasteiger partial charge in [0, 0.05) is 26.3 Å². The topological polar surface area (TPSA) is 25.2 Å². The van der Waals surface area contributed by atoms with Crippen molar-refractivity contribution in [3.8, 4) is 0 Å². The van der Waals surface area contributed by atoms with Crippen molar-refractivity contribution >= 4 is 5.91 Å². The van der Waals surface area contributed by atoms with E-state index < -0.39 is 0 Å². The largest absolute Gasteiger partial charge is 0.347 e. The summed E-state index contributed by atoms with van der Waals surface area (Å²) in [5.41, 5.74) is 0.799. The average molecular weight is 234 g/mol. The first-order valence-corrected chi connectivity index (χ1v) is 6.50. The zero-order chi connectivity index (χ0) is 12.4. The lowest BCUT2D eigenvalue weighted by Gasteiger charge is -2.33. The first-order valence-electron chi connectivity index (χ1n) is 6.50. The van der Waals surface area contributed by atoms with Gasteiger partial charge in [-0.05, 0) is 36.8 Å². The van der Waals surface area contributed by atoms with Crippen LogP contribution in [0, 0.1) is 11.8 Å². The van der Waals surface area contributed by atoms with Gasteiger partial charge in [-0.15, -0.1) is 0 Å². The number of aromatic nitrogens is 1. The van der Waals surface area contributed by atoms with E-state index in [4.69, 9.17) is 0 Å². The highest BCUT2D eigenvalue weighted by atomic mass is 16.2. The fraction of sp³-hybridized carbons (Fsp3) is 0.643. The summed E-state index contributed by atoms with van der Waals surface area (Å²) in [6, 6.07) is 3.82. The summed E-state index contributed by atoms with van der Waals surface area (Å²) in [4.78, 5) is 14.3. The second kappa shape index (κ2) is 4.94. The van der Waals surface area contributed by atoms with Gasteiger partial charge < -0.3 is 9.47 Å². The number of nitrogens with zero attached hydrogens (tertiary/aromatic N) is 2. The number of piperidine rings is 1. The molecular formula is C14H22N2O. The fourth-order valence-electron chi connectivity index (χ4n) is 2.61. The van der Waals surface area contributed by atoms with E-state index in [1.807, 2.05) is 34.8 Å². The maximum Gasteiger partial charge on any atom is 0.270 e. The van der Waals surface area contributed by atoms with Crippen LogP contribution in [-0.2, 0) is 7.05 Å². The van der Waals surface area contributed by atoms with E-state index in [1.54, 1.807) is 0 Å². The summed E-state index contributed by atoms with van der Waals surface area (Å²) >= 11 is 0. The molecule has 1 amide bonds. The number of carbonyl (C=O) groups is 1. The van der Waals surface area contributed by atoms with Crippen LogP contribution in [0.1, 0.15) is 37.2 Å². The summed E-state index contributed by atoms with van der Waals surface area (Å²) in [6.45, 7) is 6.37. The van der Waals surface area contributed by atoms with E-state index in [0.29, 0.717) is 0 Å². The lowest BCUT2D eigenvalue weighted by Crippen LogP contribution is -2.40. The number of aryl methyl sites for hydroxylation is 1. The Morgan fingerprint density at radius 1 is 1.35 bits per heavy atom. The first kappa shape index (κ1) is 12.2. The Morgan fingerprint density at radius 3 is 2.47 bits per heavy atom. The van der Waals surface area contributed by atoms with Gasteiger partial charge in [-0.1, -0.05) is 13.8 Å². The molecule has 3 heteroatoms. The van der Waals surface area contributed by atoms with Crippen molar-refractivity contribution in [3.63, 3.8) is 0 Å². The lowest BCUT2D eigenvalue weighted by atomic mass is 9.86. The Labute approximate surface area is 103 Å². The van der Waals surface area contributed by atoms with Crippen molar-refractivity contribution in [3.05, 3.63) is 24.0 Å². The molecule has 0 radical (unpaired) electrons. The molecule has 0 aromatic carbocycles. The molecule has 1 saturated heterocycles. The van der Waals surface area contributed by atoms with Crippen LogP contribution in [0.5, 0.6) is 0 Å². The minimum atomic E-state index is 0.180. The van der Waals surface area contributed by atoms with Crippen LogP contribution in [0.3, 0.4) is 0 Å². The van der Waals surface area contributed by atoms with Gasteiger partial charge in [0.2, 0.25) is 0 Å². The molecule has 1 fully saturated rings. The predicted octanol–water partition coefficient (Wildman–Crippen LogP) is 2.53. The Hall–Kier alpha value is -1.25. The summed E-state index contributed by atoms with van der Waals surface area (Å²) in [5, 5.41) is 0. The van der Waals surface area contributed by atoms with Crippen LogP contribution in [-0.4, -0.2) is 28.5 Å². The van der Waals surface area contributed by atoms with E-state index in [1.165, 1.54) is 0 Å². The third-order valence-electron chi connectivity index (χ3n) is 3.93. The molecule has 0 unspecified atom stereocenters. The maximum atomic E-state index is 12.3. The van der Waals surface area contributed by atoms with Gasteiger partial charge in [0.25, 0.3) is 5.91 Å². The monoisotopic (exact) mass is 234 g/mol. The molecule has 0 saturated carbocycles. The molecule has 17 heavy (non-hydrogen) atoms. The number of hydrogen-bond acceptors (Lipinski definition) is 1. The Kier molecular flexibility index (Phi) is 3.55. The fourth-order valence-corrected chi connectivity index (χ4v) is 2.61. The molecule has 1 aliphatic rings. The number of amides is 1. The number of rotatable bonds is 2. The lowest BCUT2D eigenvalue weighted by molar-refractivity contribution is 0.0658. The highest BCUT2D eigenvalue weighted by Crippen LogP contribution is 2.25. The van der Waals surface area contributed by atoms with E-state index in [2.05, 4.69) is 13.8 Å². The van der Waals surface area contributed by atoms with E-state index in [9.17, 15) is 4.79 Å². The van der Waals surface area contributed by atoms with E-state index in [0.717, 1.165) is 43.5 Å². The number of hydrogen-bond donors (Lipinski definition) is 0. The van der Waals surface area contributed by atoms with Crippen molar-refractivity contribution in [1.82, 2.24) is 9.47 Å². The molecule has 3 nitrogen and oxygen atoms in total. The molecule has 2 heterocycles. The van der Waals surface area contributed by atoms with Gasteiger partial charge in [0.05, 0.1) is 0 Å². The van der Waals surface area contributed by atoms with Crippen LogP contribution >= 0.6 is 0 Å². The molecule has 0 atom stereocenters. The molecule has 0 bridgehead atoms. The third kappa shape index (κ3) is 2.54. The van der Waals surface area contributed by atoms with E-state index >= 15 is 0 Å². The molecular weight excluding hydrogens is 212 g/mol. The minimum absolute atomic E-state index is 0.180. The number of carbonyl (C=O) groups excluding carboxylic acids is 1. The normalized spacial score (nSPS) is 17.8. The molecule has 1 aliphatic heterocycles. The van der Waals surface area contributed by atoms with Gasteiger partial charge in [-0.3, -0.25) is 4.79 Å². The van der Waals surface area contributed by atoms with Crippen LogP contribution in [0.2, 0.25) is 0 Å². The van der Waals surface area contributed by atoms with Crippen molar-refractivity contribution in [2.24, 2.45) is 18.9 Å². The highest BCUT2D eigenvalue weighted by Gasteiger charge is 2.25.